The van der Waals surface area contributed by atoms with Crippen molar-refractivity contribution in [1.29, 1.82) is 0 Å². The molecule has 7 heteroatoms. The van der Waals surface area contributed by atoms with Gasteiger partial charge in [0.15, 0.2) is 0 Å². The lowest BCUT2D eigenvalue weighted by molar-refractivity contribution is 0.0391. The van der Waals surface area contributed by atoms with E-state index in [-0.39, 0.29) is 12.0 Å². The number of phosphoric acid groups is 1. The van der Waals surface area contributed by atoms with Crippen LogP contribution in [0.15, 0.2) is 52.3 Å². The molecule has 2 aliphatic rings. The van der Waals surface area contributed by atoms with E-state index in [9.17, 15) is 9.46 Å². The van der Waals surface area contributed by atoms with Gasteiger partial charge in [-0.2, -0.15) is 0 Å². The minimum Gasteiger partial charge on any atom is -0.496 e. The van der Waals surface area contributed by atoms with Crippen LogP contribution in [-0.4, -0.2) is 18.1 Å². The summed E-state index contributed by atoms with van der Waals surface area (Å²) in [7, 11) is -2.72. The van der Waals surface area contributed by atoms with Gasteiger partial charge in [0.2, 0.25) is 0 Å². The van der Waals surface area contributed by atoms with Gasteiger partial charge >= 0.3 is 7.82 Å². The molecule has 2 aromatic rings. The Kier molecular flexibility index (Phi) is 6.83. The van der Waals surface area contributed by atoms with Crippen LogP contribution in [0.25, 0.3) is 11.8 Å². The van der Waals surface area contributed by atoms with Crippen LogP contribution in [0.5, 0.6) is 5.75 Å². The minimum atomic E-state index is -4.34. The van der Waals surface area contributed by atoms with Crippen molar-refractivity contribution in [3.8, 4) is 5.75 Å². The zero-order valence-electron chi connectivity index (χ0n) is 18.1. The third-order valence-corrected chi connectivity index (χ3v) is 8.16. The second-order valence-electron chi connectivity index (χ2n) is 8.38. The lowest BCUT2D eigenvalue weighted by Gasteiger charge is -2.34. The smallest absolute Gasteiger partial charge is 0.496 e. The number of rotatable bonds is 6. The quantitative estimate of drug-likeness (QED) is 0.468. The zero-order valence-corrected chi connectivity index (χ0v) is 19.8. The molecule has 0 radical (unpaired) electrons. The summed E-state index contributed by atoms with van der Waals surface area (Å²) in [5.74, 6) is 1.64. The average molecular weight is 461 g/mol. The maximum Gasteiger partial charge on any atom is 0.527 e. The van der Waals surface area contributed by atoms with Crippen LogP contribution in [0.3, 0.4) is 0 Å². The molecule has 4 rings (SSSR count). The molecule has 3 atom stereocenters. The van der Waals surface area contributed by atoms with Gasteiger partial charge in [0.1, 0.15) is 11.5 Å². The first kappa shape index (κ1) is 22.5. The third-order valence-electron chi connectivity index (χ3n) is 5.97. The van der Waals surface area contributed by atoms with Gasteiger partial charge in [-0.15, -0.1) is 0 Å². The molecule has 5 nitrogen and oxygen atoms in total. The van der Waals surface area contributed by atoms with Crippen molar-refractivity contribution in [2.75, 3.05) is 7.11 Å². The summed E-state index contributed by atoms with van der Waals surface area (Å²) in [6, 6.07) is 13.5. The molecule has 1 fully saturated rings. The standard InChI is InChI=1S/C24H29O5PS/c1-16(2)18-10-5-6-12-20(18)28-30(25,26)29-22-15-17-9-4-7-14-23(17)31-24-19(22)11-8-13-21(24)27-3/h4,7-9,11,13-16,18,20H,5-6,10,12H2,1-3H3,(H,25,26)/t18-,20+/m1/s1. The van der Waals surface area contributed by atoms with Gasteiger partial charge in [-0.05, 0) is 54.5 Å². The van der Waals surface area contributed by atoms with Crippen LogP contribution < -0.4 is 4.74 Å². The van der Waals surface area contributed by atoms with Crippen LogP contribution >= 0.6 is 19.6 Å². The molecule has 31 heavy (non-hydrogen) atoms. The fraction of sp³-hybridized carbons (Fsp3) is 0.417. The number of methoxy groups -OCH3 is 1. The van der Waals surface area contributed by atoms with Gasteiger partial charge in [-0.3, -0.25) is 9.42 Å². The lowest BCUT2D eigenvalue weighted by atomic mass is 9.79. The summed E-state index contributed by atoms with van der Waals surface area (Å²) < 4.78 is 30.2. The van der Waals surface area contributed by atoms with E-state index < -0.39 is 7.82 Å². The largest absolute Gasteiger partial charge is 0.527 e. The van der Waals surface area contributed by atoms with E-state index in [4.69, 9.17) is 13.8 Å². The second kappa shape index (κ2) is 9.41. The second-order valence-corrected chi connectivity index (χ2v) is 10.8. The molecule has 2 aromatic carbocycles. The maximum absolute atomic E-state index is 13.1. The van der Waals surface area contributed by atoms with Crippen LogP contribution in [0.4, 0.5) is 0 Å². The van der Waals surface area contributed by atoms with E-state index in [1.54, 1.807) is 24.9 Å². The van der Waals surface area contributed by atoms with Gasteiger partial charge in [0.05, 0.1) is 18.1 Å². The van der Waals surface area contributed by atoms with Gasteiger partial charge in [-0.25, -0.2) is 4.57 Å². The van der Waals surface area contributed by atoms with Crippen molar-refractivity contribution < 1.29 is 23.2 Å². The first-order valence-corrected chi connectivity index (χ1v) is 13.1. The Balaban J connectivity index is 1.68. The topological polar surface area (TPSA) is 65.0 Å². The number of phosphoric ester groups is 1. The van der Waals surface area contributed by atoms with Crippen molar-refractivity contribution in [2.45, 2.75) is 55.4 Å². The summed E-state index contributed by atoms with van der Waals surface area (Å²) >= 11 is 1.56. The average Bonchev–Trinajstić information content (AvgIpc) is 2.89. The number of hydrogen-bond acceptors (Lipinski definition) is 5. The highest BCUT2D eigenvalue weighted by molar-refractivity contribution is 7.99. The molecular formula is C24H29O5PS. The third kappa shape index (κ3) is 5.04. The maximum atomic E-state index is 13.1. The molecule has 0 amide bonds. The molecular weight excluding hydrogens is 431 g/mol. The summed E-state index contributed by atoms with van der Waals surface area (Å²) in [5, 5.41) is 0. The molecule has 1 heterocycles. The monoisotopic (exact) mass is 460 g/mol. The van der Waals surface area contributed by atoms with Crippen molar-refractivity contribution in [1.82, 2.24) is 0 Å². The Morgan fingerprint density at radius 2 is 1.87 bits per heavy atom. The number of ether oxygens (including phenoxy) is 1. The molecule has 0 spiro atoms. The molecule has 1 aliphatic carbocycles. The molecule has 1 unspecified atom stereocenters. The highest BCUT2D eigenvalue weighted by Crippen LogP contribution is 2.54. The van der Waals surface area contributed by atoms with Crippen LogP contribution in [0.2, 0.25) is 0 Å². The SMILES string of the molecule is COc1cccc2c1Sc1ccccc1C=C2OP(=O)(O)O[C@H]1CCCC[C@@H]1C(C)C. The van der Waals surface area contributed by atoms with Gasteiger partial charge < -0.3 is 9.26 Å². The van der Waals surface area contributed by atoms with E-state index in [0.29, 0.717) is 23.0 Å². The minimum absolute atomic E-state index is 0.254. The van der Waals surface area contributed by atoms with Crippen molar-refractivity contribution in [3.63, 3.8) is 0 Å². The number of fused-ring (bicyclic) bond motifs is 2. The van der Waals surface area contributed by atoms with Crippen molar-refractivity contribution in [3.05, 3.63) is 53.6 Å². The first-order valence-electron chi connectivity index (χ1n) is 10.7. The Bertz CT molecular complexity index is 1020. The van der Waals surface area contributed by atoms with Gasteiger partial charge in [-0.1, -0.05) is 62.7 Å². The summed E-state index contributed by atoms with van der Waals surface area (Å²) in [5.41, 5.74) is 1.63. The number of benzene rings is 2. The van der Waals surface area contributed by atoms with Gasteiger partial charge in [0, 0.05) is 10.5 Å². The lowest BCUT2D eigenvalue weighted by Crippen LogP contribution is -2.30. The summed E-state index contributed by atoms with van der Waals surface area (Å²) in [6.45, 7) is 4.28. The van der Waals surface area contributed by atoms with E-state index in [1.165, 1.54) is 0 Å². The fourth-order valence-corrected chi connectivity index (χ4v) is 6.60. The summed E-state index contributed by atoms with van der Waals surface area (Å²) in [4.78, 5) is 12.6. The predicted molar refractivity (Wildman–Crippen MR) is 124 cm³/mol. The van der Waals surface area contributed by atoms with Crippen molar-refractivity contribution >= 4 is 31.4 Å². The highest BCUT2D eigenvalue weighted by Gasteiger charge is 2.37. The molecule has 1 N–H and O–H groups in total. The van der Waals surface area contributed by atoms with Crippen LogP contribution in [-0.2, 0) is 13.6 Å². The molecule has 1 aliphatic heterocycles. The molecule has 0 aromatic heterocycles. The predicted octanol–water partition coefficient (Wildman–Crippen LogP) is 7.01. The van der Waals surface area contributed by atoms with Gasteiger partial charge in [0.25, 0.3) is 0 Å². The fourth-order valence-electron chi connectivity index (χ4n) is 4.41. The molecule has 0 saturated heterocycles. The number of hydrogen-bond donors (Lipinski definition) is 1. The Hall–Kier alpha value is -1.72. The summed E-state index contributed by atoms with van der Waals surface area (Å²) in [6.07, 6.45) is 5.45. The molecule has 0 bridgehead atoms. The Morgan fingerprint density at radius 1 is 1.10 bits per heavy atom. The normalized spacial score (nSPS) is 22.5. The Morgan fingerprint density at radius 3 is 2.65 bits per heavy atom. The van der Waals surface area contributed by atoms with E-state index in [0.717, 1.165) is 41.0 Å². The molecule has 166 valence electrons. The van der Waals surface area contributed by atoms with E-state index in [1.807, 2.05) is 42.5 Å². The molecule has 1 saturated carbocycles. The van der Waals surface area contributed by atoms with E-state index >= 15 is 0 Å². The zero-order chi connectivity index (χ0) is 22.0. The Labute approximate surface area is 188 Å². The highest BCUT2D eigenvalue weighted by atomic mass is 32.2. The first-order chi connectivity index (χ1) is 14.9. The van der Waals surface area contributed by atoms with Crippen LogP contribution in [0, 0.1) is 11.8 Å². The van der Waals surface area contributed by atoms with E-state index in [2.05, 4.69) is 13.8 Å². The van der Waals surface area contributed by atoms with Crippen LogP contribution in [0.1, 0.15) is 50.7 Å². The van der Waals surface area contributed by atoms with Crippen molar-refractivity contribution in [2.24, 2.45) is 11.8 Å².